The summed E-state index contributed by atoms with van der Waals surface area (Å²) < 4.78 is 14.8. The Bertz CT molecular complexity index is 524. The fraction of sp³-hybridized carbons (Fsp3) is 0.429. The summed E-state index contributed by atoms with van der Waals surface area (Å²) >= 11 is 0. The number of halogens is 1. The van der Waals surface area contributed by atoms with Crippen LogP contribution in [0.5, 0.6) is 0 Å². The molecule has 0 unspecified atom stereocenters. The van der Waals surface area contributed by atoms with Gasteiger partial charge >= 0.3 is 0 Å². The molecule has 3 N–H and O–H groups in total. The highest BCUT2D eigenvalue weighted by Crippen LogP contribution is 2.41. The molecule has 1 fully saturated rings. The van der Waals surface area contributed by atoms with E-state index in [9.17, 15) is 4.39 Å². The van der Waals surface area contributed by atoms with E-state index < -0.39 is 5.67 Å². The largest absolute Gasteiger partial charge is 0.361 e. The Balaban J connectivity index is 1.96. The lowest BCUT2D eigenvalue weighted by Gasteiger charge is -2.32. The minimum Gasteiger partial charge on any atom is -0.361 e. The maximum atomic E-state index is 14.8. The van der Waals surface area contributed by atoms with E-state index in [-0.39, 0.29) is 6.04 Å². The monoisotopic (exact) mass is 232 g/mol. The average Bonchev–Trinajstić information content (AvgIpc) is 2.80. The van der Waals surface area contributed by atoms with Gasteiger partial charge in [-0.25, -0.2) is 4.39 Å². The van der Waals surface area contributed by atoms with Crippen LogP contribution in [0.15, 0.2) is 30.5 Å². The van der Waals surface area contributed by atoms with Crippen LogP contribution in [-0.2, 0) is 5.67 Å². The second-order valence-electron chi connectivity index (χ2n) is 5.08. The van der Waals surface area contributed by atoms with Gasteiger partial charge in [-0.2, -0.15) is 0 Å². The van der Waals surface area contributed by atoms with Crippen LogP contribution in [0, 0.1) is 0 Å². The number of nitrogens with one attached hydrogen (secondary N) is 1. The van der Waals surface area contributed by atoms with Gasteiger partial charge in [0.2, 0.25) is 0 Å². The van der Waals surface area contributed by atoms with Crippen molar-refractivity contribution >= 4 is 10.9 Å². The predicted octanol–water partition coefficient (Wildman–Crippen LogP) is 3.23. The highest BCUT2D eigenvalue weighted by molar-refractivity contribution is 5.80. The van der Waals surface area contributed by atoms with Crippen LogP contribution in [0.1, 0.15) is 31.2 Å². The molecular formula is C14H17FN2. The fourth-order valence-electron chi connectivity index (χ4n) is 2.72. The number of alkyl halides is 1. The molecule has 1 aromatic heterocycles. The van der Waals surface area contributed by atoms with Crippen molar-refractivity contribution in [3.05, 3.63) is 36.0 Å². The number of aromatic nitrogens is 1. The third kappa shape index (κ3) is 1.84. The number of benzene rings is 1. The lowest BCUT2D eigenvalue weighted by molar-refractivity contribution is 0.0981. The minimum absolute atomic E-state index is 0.176. The number of hydrogen-bond acceptors (Lipinski definition) is 1. The molecule has 90 valence electrons. The van der Waals surface area contributed by atoms with Gasteiger partial charge in [0.1, 0.15) is 5.67 Å². The van der Waals surface area contributed by atoms with Crippen LogP contribution in [0.3, 0.4) is 0 Å². The van der Waals surface area contributed by atoms with Crippen LogP contribution in [-0.4, -0.2) is 11.0 Å². The van der Waals surface area contributed by atoms with Crippen molar-refractivity contribution in [2.45, 2.75) is 37.4 Å². The Hall–Kier alpha value is -1.35. The van der Waals surface area contributed by atoms with Gasteiger partial charge in [-0.05, 0) is 54.8 Å². The van der Waals surface area contributed by atoms with Gasteiger partial charge < -0.3 is 10.7 Å². The molecule has 0 atom stereocenters. The van der Waals surface area contributed by atoms with E-state index in [1.165, 1.54) is 0 Å². The van der Waals surface area contributed by atoms with Crippen molar-refractivity contribution in [2.24, 2.45) is 5.73 Å². The smallest absolute Gasteiger partial charge is 0.136 e. The van der Waals surface area contributed by atoms with Gasteiger partial charge in [-0.15, -0.1) is 0 Å². The molecule has 0 aliphatic heterocycles. The zero-order valence-corrected chi connectivity index (χ0v) is 9.75. The van der Waals surface area contributed by atoms with Crippen LogP contribution < -0.4 is 5.73 Å². The SMILES string of the molecule is NC1CCC(F)(c2ccc3[nH]ccc3c2)CC1. The zero-order chi connectivity index (χ0) is 11.9. The highest BCUT2D eigenvalue weighted by Gasteiger charge is 2.35. The van der Waals surface area contributed by atoms with Gasteiger partial charge in [-0.3, -0.25) is 0 Å². The zero-order valence-electron chi connectivity index (χ0n) is 9.75. The van der Waals surface area contributed by atoms with Crippen molar-refractivity contribution in [1.82, 2.24) is 4.98 Å². The van der Waals surface area contributed by atoms with E-state index in [1.807, 2.05) is 30.5 Å². The number of H-pyrrole nitrogens is 1. The molecule has 17 heavy (non-hydrogen) atoms. The number of hydrogen-bond donors (Lipinski definition) is 2. The van der Waals surface area contributed by atoms with Gasteiger partial charge in [0.15, 0.2) is 0 Å². The first-order valence-corrected chi connectivity index (χ1v) is 6.19. The molecule has 1 aromatic carbocycles. The summed E-state index contributed by atoms with van der Waals surface area (Å²) in [6, 6.07) is 7.98. The summed E-state index contributed by atoms with van der Waals surface area (Å²) in [6.45, 7) is 0. The molecule has 1 aliphatic rings. The highest BCUT2D eigenvalue weighted by atomic mass is 19.1. The van der Waals surface area contributed by atoms with Gasteiger partial charge in [0.05, 0.1) is 0 Å². The molecule has 0 saturated heterocycles. The van der Waals surface area contributed by atoms with E-state index in [0.717, 1.165) is 29.3 Å². The van der Waals surface area contributed by atoms with Gasteiger partial charge in [0, 0.05) is 17.8 Å². The number of fused-ring (bicyclic) bond motifs is 1. The minimum atomic E-state index is -1.18. The second-order valence-corrected chi connectivity index (χ2v) is 5.08. The van der Waals surface area contributed by atoms with Crippen LogP contribution in [0.2, 0.25) is 0 Å². The van der Waals surface area contributed by atoms with E-state index >= 15 is 0 Å². The van der Waals surface area contributed by atoms with Gasteiger partial charge in [-0.1, -0.05) is 6.07 Å². The summed E-state index contributed by atoms with van der Waals surface area (Å²) in [5.74, 6) is 0. The lowest BCUT2D eigenvalue weighted by atomic mass is 9.79. The predicted molar refractivity (Wildman–Crippen MR) is 67.5 cm³/mol. The Morgan fingerprint density at radius 1 is 1.24 bits per heavy atom. The van der Waals surface area contributed by atoms with Crippen molar-refractivity contribution in [3.8, 4) is 0 Å². The van der Waals surface area contributed by atoms with Crippen molar-refractivity contribution in [2.75, 3.05) is 0 Å². The van der Waals surface area contributed by atoms with Gasteiger partial charge in [0.25, 0.3) is 0 Å². The van der Waals surface area contributed by atoms with Crippen LogP contribution in [0.4, 0.5) is 4.39 Å². The molecule has 3 heteroatoms. The molecule has 1 heterocycles. The third-order valence-corrected chi connectivity index (χ3v) is 3.89. The second kappa shape index (κ2) is 3.84. The Kier molecular flexibility index (Phi) is 2.44. The first-order valence-electron chi connectivity index (χ1n) is 6.19. The van der Waals surface area contributed by atoms with E-state index in [2.05, 4.69) is 4.98 Å². The van der Waals surface area contributed by atoms with Crippen LogP contribution >= 0.6 is 0 Å². The Morgan fingerprint density at radius 3 is 2.76 bits per heavy atom. The molecule has 3 rings (SSSR count). The van der Waals surface area contributed by atoms with Crippen LogP contribution in [0.25, 0.3) is 10.9 Å². The summed E-state index contributed by atoms with van der Waals surface area (Å²) in [5, 5.41) is 1.08. The molecule has 0 radical (unpaired) electrons. The first-order chi connectivity index (χ1) is 8.17. The Morgan fingerprint density at radius 2 is 2.00 bits per heavy atom. The molecule has 1 aliphatic carbocycles. The quantitative estimate of drug-likeness (QED) is 0.778. The molecular weight excluding hydrogens is 215 g/mol. The van der Waals surface area contributed by atoms with Crippen molar-refractivity contribution in [1.29, 1.82) is 0 Å². The number of nitrogens with two attached hydrogens (primary N) is 1. The summed E-state index contributed by atoms with van der Waals surface area (Å²) in [6.07, 6.45) is 4.54. The standard InChI is InChI=1S/C14H17FN2/c15-14(6-3-12(16)4-7-14)11-1-2-13-10(9-11)5-8-17-13/h1-2,5,8-9,12,17H,3-4,6-7,16H2. The molecule has 2 nitrogen and oxygen atoms in total. The molecule has 0 spiro atoms. The first kappa shape index (κ1) is 10.8. The molecule has 0 amide bonds. The maximum absolute atomic E-state index is 14.8. The Labute approximate surface area is 100 Å². The number of rotatable bonds is 1. The van der Waals surface area contributed by atoms with E-state index in [4.69, 9.17) is 5.73 Å². The molecule has 0 bridgehead atoms. The topological polar surface area (TPSA) is 41.8 Å². The summed E-state index contributed by atoms with van der Waals surface area (Å²) in [4.78, 5) is 3.13. The van der Waals surface area contributed by atoms with E-state index in [0.29, 0.717) is 12.8 Å². The number of aromatic amines is 1. The summed E-state index contributed by atoms with van der Waals surface area (Å²) in [7, 11) is 0. The average molecular weight is 232 g/mol. The maximum Gasteiger partial charge on any atom is 0.136 e. The molecule has 1 saturated carbocycles. The van der Waals surface area contributed by atoms with E-state index in [1.54, 1.807) is 0 Å². The summed E-state index contributed by atoms with van der Waals surface area (Å²) in [5.41, 5.74) is 6.52. The third-order valence-electron chi connectivity index (χ3n) is 3.89. The lowest BCUT2D eigenvalue weighted by Crippen LogP contribution is -2.33. The van der Waals surface area contributed by atoms with Crippen molar-refractivity contribution in [3.63, 3.8) is 0 Å². The fourth-order valence-corrected chi connectivity index (χ4v) is 2.72. The normalized spacial score (nSPS) is 29.6. The van der Waals surface area contributed by atoms with Crippen molar-refractivity contribution < 1.29 is 4.39 Å². The molecule has 2 aromatic rings.